The molecule has 0 saturated carbocycles. The first-order valence-corrected chi connectivity index (χ1v) is 11.5. The number of para-hydroxylation sites is 1. The summed E-state index contributed by atoms with van der Waals surface area (Å²) in [6, 6.07) is 12.3. The molecule has 0 fully saturated rings. The quantitative estimate of drug-likeness (QED) is 0.407. The van der Waals surface area contributed by atoms with Crippen molar-refractivity contribution in [1.29, 1.82) is 0 Å². The van der Waals surface area contributed by atoms with Crippen molar-refractivity contribution in [3.8, 4) is 11.5 Å². The number of H-pyrrole nitrogens is 2. The Kier molecular flexibility index (Phi) is 5.97. The minimum absolute atomic E-state index is 0.191. The number of methoxy groups -OCH3 is 2. The van der Waals surface area contributed by atoms with Crippen LogP contribution in [0.25, 0.3) is 17.0 Å². The van der Waals surface area contributed by atoms with Crippen LogP contribution in [0.1, 0.15) is 31.0 Å². The predicted octanol–water partition coefficient (Wildman–Crippen LogP) is 2.56. The Morgan fingerprint density at radius 1 is 1.17 bits per heavy atom. The monoisotopic (exact) mass is 486 g/mol. The van der Waals surface area contributed by atoms with Gasteiger partial charge in [-0.15, -0.1) is 0 Å². The standard InChI is InChI=1S/C27H26N4O5/c1-5-36-26(33)23-15(2)29-27-30-21(12-16-14-28-20-9-7-6-8-18(16)20)25(32)31(27)24(23)19-11-10-17(34-3)13-22(19)35-4/h6-14,24,28H,5H2,1-4H3,(H,29,30). The number of ether oxygens (including phenoxy) is 3. The summed E-state index contributed by atoms with van der Waals surface area (Å²) in [5.74, 6) is 0.518. The van der Waals surface area contributed by atoms with E-state index in [2.05, 4.69) is 15.0 Å². The fraction of sp³-hybridized carbons (Fsp3) is 0.222. The van der Waals surface area contributed by atoms with Crippen LogP contribution < -0.4 is 26.0 Å². The van der Waals surface area contributed by atoms with Crippen molar-refractivity contribution in [1.82, 2.24) is 14.5 Å². The summed E-state index contributed by atoms with van der Waals surface area (Å²) in [6.45, 7) is 3.66. The number of hydrogen-bond acceptors (Lipinski definition) is 6. The lowest BCUT2D eigenvalue weighted by Gasteiger charge is -2.26. The summed E-state index contributed by atoms with van der Waals surface area (Å²) in [7, 11) is 3.09. The Morgan fingerprint density at radius 3 is 2.72 bits per heavy atom. The maximum atomic E-state index is 13.8. The molecule has 9 heteroatoms. The second-order valence-electron chi connectivity index (χ2n) is 8.31. The number of allylic oxidation sites excluding steroid dienone is 1. The Hall–Kier alpha value is -4.53. The highest BCUT2D eigenvalue weighted by molar-refractivity contribution is 5.91. The smallest absolute Gasteiger partial charge is 0.338 e. The van der Waals surface area contributed by atoms with E-state index in [1.165, 1.54) is 11.7 Å². The molecule has 0 saturated heterocycles. The first kappa shape index (κ1) is 23.2. The van der Waals surface area contributed by atoms with E-state index >= 15 is 0 Å². The molecule has 0 amide bonds. The van der Waals surface area contributed by atoms with Crippen LogP contribution >= 0.6 is 0 Å². The number of fused-ring (bicyclic) bond motifs is 2. The number of nitrogens with zero attached hydrogens (tertiary/aromatic N) is 2. The normalized spacial score (nSPS) is 15.6. The van der Waals surface area contributed by atoms with Crippen molar-refractivity contribution < 1.29 is 19.0 Å². The summed E-state index contributed by atoms with van der Waals surface area (Å²) >= 11 is 0. The Morgan fingerprint density at radius 2 is 1.97 bits per heavy atom. The Labute approximate surface area is 206 Å². The number of rotatable bonds is 6. The van der Waals surface area contributed by atoms with Crippen LogP contribution in [0.5, 0.6) is 11.5 Å². The molecule has 5 rings (SSSR count). The third kappa shape index (κ3) is 3.78. The van der Waals surface area contributed by atoms with E-state index < -0.39 is 12.0 Å². The molecular weight excluding hydrogens is 460 g/mol. The maximum absolute atomic E-state index is 13.8. The van der Waals surface area contributed by atoms with Gasteiger partial charge in [-0.1, -0.05) is 18.2 Å². The molecule has 1 aliphatic heterocycles. The predicted molar refractivity (Wildman–Crippen MR) is 135 cm³/mol. The van der Waals surface area contributed by atoms with Gasteiger partial charge in [-0.3, -0.25) is 9.36 Å². The fourth-order valence-corrected chi connectivity index (χ4v) is 4.60. The number of esters is 1. The van der Waals surface area contributed by atoms with E-state index in [-0.39, 0.29) is 17.7 Å². The number of aromatic nitrogens is 3. The molecule has 3 heterocycles. The molecule has 2 aromatic carbocycles. The molecule has 36 heavy (non-hydrogen) atoms. The zero-order chi connectivity index (χ0) is 25.4. The van der Waals surface area contributed by atoms with E-state index in [4.69, 9.17) is 14.2 Å². The molecule has 9 nitrogen and oxygen atoms in total. The van der Waals surface area contributed by atoms with E-state index in [9.17, 15) is 9.59 Å². The molecule has 0 bridgehead atoms. The van der Waals surface area contributed by atoms with Gasteiger partial charge in [0.05, 0.1) is 32.1 Å². The van der Waals surface area contributed by atoms with Gasteiger partial charge < -0.3 is 24.2 Å². The molecule has 1 atom stereocenters. The van der Waals surface area contributed by atoms with Crippen LogP contribution in [0.2, 0.25) is 0 Å². The second-order valence-corrected chi connectivity index (χ2v) is 8.31. The number of aromatic amines is 2. The van der Waals surface area contributed by atoms with Crippen molar-refractivity contribution in [2.75, 3.05) is 20.8 Å². The lowest BCUT2D eigenvalue weighted by Crippen LogP contribution is -2.40. The van der Waals surface area contributed by atoms with Crippen molar-refractivity contribution in [3.05, 3.63) is 92.4 Å². The second kappa shape index (κ2) is 9.26. The molecule has 1 aliphatic rings. The number of carbonyl (C=O) groups is 1. The molecule has 0 aliphatic carbocycles. The third-order valence-electron chi connectivity index (χ3n) is 6.27. The average molecular weight is 487 g/mol. The van der Waals surface area contributed by atoms with E-state index in [1.807, 2.05) is 30.5 Å². The van der Waals surface area contributed by atoms with Gasteiger partial charge >= 0.3 is 5.97 Å². The van der Waals surface area contributed by atoms with Crippen molar-refractivity contribution >= 4 is 22.9 Å². The first-order chi connectivity index (χ1) is 17.5. The molecule has 2 N–H and O–H groups in total. The highest BCUT2D eigenvalue weighted by Gasteiger charge is 2.35. The number of benzene rings is 2. The van der Waals surface area contributed by atoms with Crippen molar-refractivity contribution in [2.45, 2.75) is 19.9 Å². The lowest BCUT2D eigenvalue weighted by atomic mass is 9.95. The van der Waals surface area contributed by atoms with Crippen LogP contribution in [0.3, 0.4) is 0 Å². The summed E-state index contributed by atoms with van der Waals surface area (Å²) in [6.07, 6.45) is 3.63. The maximum Gasteiger partial charge on any atom is 0.338 e. The first-order valence-electron chi connectivity index (χ1n) is 11.5. The van der Waals surface area contributed by atoms with Gasteiger partial charge in [0.1, 0.15) is 22.9 Å². The fourth-order valence-electron chi connectivity index (χ4n) is 4.60. The summed E-state index contributed by atoms with van der Waals surface area (Å²) in [5.41, 5.74) is 3.17. The van der Waals surface area contributed by atoms with E-state index in [0.717, 1.165) is 16.5 Å². The summed E-state index contributed by atoms with van der Waals surface area (Å²) < 4.78 is 17.8. The molecular formula is C27H26N4O5. The SMILES string of the molecule is CCOC(=O)C1=C(C)N=c2[nH]c(=Cc3c[nH]c4ccccc34)c(=O)n2C1c1ccc(OC)cc1OC. The van der Waals surface area contributed by atoms with Crippen LogP contribution in [0.15, 0.2) is 69.7 Å². The molecule has 0 radical (unpaired) electrons. The molecule has 2 aromatic heterocycles. The van der Waals surface area contributed by atoms with Crippen LogP contribution in [-0.2, 0) is 9.53 Å². The summed E-state index contributed by atoms with van der Waals surface area (Å²) in [4.78, 5) is 37.8. The highest BCUT2D eigenvalue weighted by atomic mass is 16.5. The van der Waals surface area contributed by atoms with Gasteiger partial charge in [-0.2, -0.15) is 0 Å². The van der Waals surface area contributed by atoms with Crippen LogP contribution in [-0.4, -0.2) is 41.3 Å². The van der Waals surface area contributed by atoms with Gasteiger partial charge in [-0.05, 0) is 38.1 Å². The number of nitrogens with one attached hydrogen (secondary N) is 2. The van der Waals surface area contributed by atoms with Gasteiger partial charge in [0.2, 0.25) is 5.62 Å². The minimum Gasteiger partial charge on any atom is -0.497 e. The highest BCUT2D eigenvalue weighted by Crippen LogP contribution is 2.37. The van der Waals surface area contributed by atoms with Gasteiger partial charge in [-0.25, -0.2) is 9.79 Å². The van der Waals surface area contributed by atoms with E-state index in [1.54, 1.807) is 45.2 Å². The van der Waals surface area contributed by atoms with Crippen LogP contribution in [0.4, 0.5) is 0 Å². The molecule has 184 valence electrons. The third-order valence-corrected chi connectivity index (χ3v) is 6.27. The zero-order valence-electron chi connectivity index (χ0n) is 20.4. The summed E-state index contributed by atoms with van der Waals surface area (Å²) in [5, 5.41) is 1.33. The molecule has 1 unspecified atom stereocenters. The van der Waals surface area contributed by atoms with Crippen molar-refractivity contribution in [3.63, 3.8) is 0 Å². The van der Waals surface area contributed by atoms with Gasteiger partial charge in [0, 0.05) is 34.3 Å². The Bertz CT molecular complexity index is 1690. The molecule has 4 aromatic rings. The van der Waals surface area contributed by atoms with Gasteiger partial charge in [0.25, 0.3) is 5.56 Å². The minimum atomic E-state index is -0.814. The van der Waals surface area contributed by atoms with Gasteiger partial charge in [0.15, 0.2) is 0 Å². The largest absolute Gasteiger partial charge is 0.497 e. The number of carbonyl (C=O) groups excluding carboxylic acids is 1. The number of imidazole rings is 1. The van der Waals surface area contributed by atoms with E-state index in [0.29, 0.717) is 33.7 Å². The van der Waals surface area contributed by atoms with Crippen molar-refractivity contribution in [2.24, 2.45) is 4.99 Å². The zero-order valence-corrected chi connectivity index (χ0v) is 20.4. The Balaban J connectivity index is 1.77. The topological polar surface area (TPSA) is 111 Å². The number of hydrogen-bond donors (Lipinski definition) is 2. The average Bonchev–Trinajstić information content (AvgIpc) is 3.43. The van der Waals surface area contributed by atoms with Crippen LogP contribution in [0, 0.1) is 0 Å². The molecule has 0 spiro atoms. The lowest BCUT2D eigenvalue weighted by molar-refractivity contribution is -0.139.